The van der Waals surface area contributed by atoms with Crippen LogP contribution in [0.5, 0.6) is 0 Å². The molecule has 3 aliphatic rings. The van der Waals surface area contributed by atoms with E-state index >= 15 is 0 Å². The maximum absolute atomic E-state index is 13.0. The van der Waals surface area contributed by atoms with Crippen LogP contribution in [0.2, 0.25) is 0 Å². The zero-order valence-electron chi connectivity index (χ0n) is 20.6. The lowest BCUT2D eigenvalue weighted by molar-refractivity contribution is -0.137. The lowest BCUT2D eigenvalue weighted by Gasteiger charge is -2.43. The molecule has 2 aromatic rings. The number of aromatic nitrogens is 1. The minimum absolute atomic E-state index is 0. The van der Waals surface area contributed by atoms with Crippen LogP contribution in [-0.4, -0.2) is 54.8 Å². The molecule has 7 N–H and O–H groups in total. The molecular weight excluding hydrogens is 514 g/mol. The van der Waals surface area contributed by atoms with Crippen molar-refractivity contribution in [1.82, 2.24) is 9.88 Å². The van der Waals surface area contributed by atoms with Crippen molar-refractivity contribution in [1.29, 1.82) is 0 Å². The Bertz CT molecular complexity index is 1180. The molecule has 38 heavy (non-hydrogen) atoms. The van der Waals surface area contributed by atoms with Crippen molar-refractivity contribution in [2.45, 2.75) is 51.3 Å². The molecule has 1 saturated carbocycles. The second kappa shape index (κ2) is 12.3. The maximum Gasteiger partial charge on any atom is 0.417 e. The summed E-state index contributed by atoms with van der Waals surface area (Å²) in [5.74, 6) is 1.75. The van der Waals surface area contributed by atoms with Crippen molar-refractivity contribution in [3.63, 3.8) is 0 Å². The second-order valence-electron chi connectivity index (χ2n) is 9.98. The van der Waals surface area contributed by atoms with Crippen molar-refractivity contribution in [3.8, 4) is 0 Å². The SMILES string of the molecule is C.NC(N)=c1scc/c1=C(/N)c1cnccc1C(F)(F)F.[B]C(O)(C1CCOCC1)N1CC2CCCC2C1. The van der Waals surface area contributed by atoms with E-state index < -0.39 is 17.4 Å². The predicted molar refractivity (Wildman–Crippen MR) is 145 cm³/mol. The van der Waals surface area contributed by atoms with Gasteiger partial charge >= 0.3 is 6.18 Å². The fraction of sp³-hybridized carbons (Fsp3) is 0.577. The third kappa shape index (κ3) is 6.47. The number of likely N-dealkylation sites (tertiary alicyclic amines) is 1. The van der Waals surface area contributed by atoms with Gasteiger partial charge in [0.1, 0.15) is 13.7 Å². The van der Waals surface area contributed by atoms with Crippen molar-refractivity contribution in [2.24, 2.45) is 35.0 Å². The quantitative estimate of drug-likeness (QED) is 0.430. The van der Waals surface area contributed by atoms with Crippen LogP contribution in [-0.2, 0) is 10.9 Å². The molecule has 0 bridgehead atoms. The van der Waals surface area contributed by atoms with Crippen LogP contribution in [0.15, 0.2) is 29.9 Å². The summed E-state index contributed by atoms with van der Waals surface area (Å²) in [6.45, 7) is 3.47. The second-order valence-corrected chi connectivity index (χ2v) is 10.9. The summed E-state index contributed by atoms with van der Waals surface area (Å²) in [7, 11) is 6.23. The summed E-state index contributed by atoms with van der Waals surface area (Å²) in [5, 5.41) is 12.7. The van der Waals surface area contributed by atoms with Crippen molar-refractivity contribution in [2.75, 3.05) is 26.3 Å². The molecule has 208 valence electrons. The van der Waals surface area contributed by atoms with Crippen LogP contribution in [0.1, 0.15) is 50.7 Å². The van der Waals surface area contributed by atoms with Gasteiger partial charge < -0.3 is 27.0 Å². The molecule has 2 saturated heterocycles. The standard InChI is InChI=1S/C13H22BNO2.C12H11F3N4S.CH4/c14-13(16,12-4-6-17-7-5-12)15-8-10-2-1-3-11(10)9-15;13-12(14,15)8-1-3-19-5-7(8)9(16)6-2-4-20-10(6)11(17)18;/h10-12,16H,1-9H2;1-5H,16-18H2;1H4/b;9-6-;. The van der Waals surface area contributed by atoms with Gasteiger partial charge in [-0.05, 0) is 60.9 Å². The molecule has 0 aromatic carbocycles. The van der Waals surface area contributed by atoms with Crippen molar-refractivity contribution in [3.05, 3.63) is 50.8 Å². The van der Waals surface area contributed by atoms with E-state index in [4.69, 9.17) is 29.8 Å². The van der Waals surface area contributed by atoms with E-state index in [1.807, 2.05) is 0 Å². The number of nitrogens with two attached hydrogens (primary N) is 3. The molecular formula is C26H37BF3N5O2S. The summed E-state index contributed by atoms with van der Waals surface area (Å²) in [6, 6.07) is 2.45. The first-order valence-corrected chi connectivity index (χ1v) is 13.3. The highest BCUT2D eigenvalue weighted by atomic mass is 32.1. The largest absolute Gasteiger partial charge is 0.417 e. The van der Waals surface area contributed by atoms with E-state index in [-0.39, 0.29) is 30.4 Å². The lowest BCUT2D eigenvalue weighted by atomic mass is 9.74. The topological polar surface area (TPSA) is 124 Å². The summed E-state index contributed by atoms with van der Waals surface area (Å²) >= 11 is 1.20. The van der Waals surface area contributed by atoms with Crippen LogP contribution in [0, 0.1) is 17.8 Å². The van der Waals surface area contributed by atoms with Gasteiger partial charge in [-0.15, -0.1) is 11.3 Å². The molecule has 12 heteroatoms. The number of ether oxygens (including phenoxy) is 1. The summed E-state index contributed by atoms with van der Waals surface area (Å²) in [6.07, 6.45) is 3.41. The number of hydrogen-bond acceptors (Lipinski definition) is 8. The van der Waals surface area contributed by atoms with E-state index in [0.29, 0.717) is 9.75 Å². The van der Waals surface area contributed by atoms with Gasteiger partial charge in [-0.25, -0.2) is 0 Å². The van der Waals surface area contributed by atoms with Crippen LogP contribution in [0.4, 0.5) is 13.2 Å². The molecule has 7 nitrogen and oxygen atoms in total. The Labute approximate surface area is 227 Å². The smallest absolute Gasteiger partial charge is 0.398 e. The van der Waals surface area contributed by atoms with Crippen LogP contribution < -0.4 is 27.0 Å². The summed E-state index contributed by atoms with van der Waals surface area (Å²) in [5.41, 5.74) is 14.6. The Kier molecular flexibility index (Phi) is 9.78. The van der Waals surface area contributed by atoms with E-state index in [0.717, 1.165) is 69.4 Å². The molecule has 3 atom stereocenters. The molecule has 5 rings (SSSR count). The van der Waals surface area contributed by atoms with E-state index in [2.05, 4.69) is 9.88 Å². The Hall–Kier alpha value is -2.28. The average Bonchev–Trinajstić information content (AvgIpc) is 3.61. The Morgan fingerprint density at radius 2 is 1.71 bits per heavy atom. The van der Waals surface area contributed by atoms with Crippen molar-refractivity contribution < 1.29 is 23.0 Å². The van der Waals surface area contributed by atoms with Gasteiger partial charge in [0.25, 0.3) is 0 Å². The Balaban J connectivity index is 0.000000207. The zero-order chi connectivity index (χ0) is 26.8. The number of halogens is 3. The minimum atomic E-state index is -4.52. The molecule has 0 spiro atoms. The van der Waals surface area contributed by atoms with Crippen molar-refractivity contribution >= 4 is 30.7 Å². The van der Waals surface area contributed by atoms with Gasteiger partial charge in [-0.3, -0.25) is 9.88 Å². The predicted octanol–water partition coefficient (Wildman–Crippen LogP) is 1.86. The highest BCUT2D eigenvalue weighted by Crippen LogP contribution is 2.41. The lowest BCUT2D eigenvalue weighted by Crippen LogP contribution is -2.55. The molecule has 1 aliphatic carbocycles. The number of fused-ring (bicyclic) bond motifs is 1. The summed E-state index contributed by atoms with van der Waals surface area (Å²) in [4.78, 5) is 5.83. The normalized spacial score (nSPS) is 24.4. The molecule has 2 aliphatic heterocycles. The molecule has 2 aromatic heterocycles. The number of hydrogen-bond donors (Lipinski definition) is 4. The minimum Gasteiger partial charge on any atom is -0.398 e. The number of rotatable bonds is 3. The highest BCUT2D eigenvalue weighted by molar-refractivity contribution is 7.07. The molecule has 0 amide bonds. The van der Waals surface area contributed by atoms with Gasteiger partial charge in [0.15, 0.2) is 0 Å². The Morgan fingerprint density at radius 3 is 2.29 bits per heavy atom. The molecule has 4 heterocycles. The van der Waals surface area contributed by atoms with Gasteiger partial charge in [-0.2, -0.15) is 13.2 Å². The first-order valence-electron chi connectivity index (χ1n) is 12.4. The highest BCUT2D eigenvalue weighted by Gasteiger charge is 2.45. The van der Waals surface area contributed by atoms with E-state index in [1.165, 1.54) is 30.6 Å². The fourth-order valence-corrected chi connectivity index (χ4v) is 6.44. The van der Waals surface area contributed by atoms with Gasteiger partial charge in [0, 0.05) is 55.2 Å². The number of alkyl halides is 3. The molecule has 3 unspecified atom stereocenters. The van der Waals surface area contributed by atoms with E-state index in [9.17, 15) is 18.3 Å². The maximum atomic E-state index is 13.0. The fourth-order valence-electron chi connectivity index (χ4n) is 5.65. The third-order valence-electron chi connectivity index (χ3n) is 7.69. The number of aliphatic hydroxyl groups is 1. The monoisotopic (exact) mass is 551 g/mol. The average molecular weight is 551 g/mol. The van der Waals surface area contributed by atoms with E-state index in [1.54, 1.807) is 11.4 Å². The summed E-state index contributed by atoms with van der Waals surface area (Å²) < 4.78 is 44.7. The zero-order valence-corrected chi connectivity index (χ0v) is 21.4. The van der Waals surface area contributed by atoms with Gasteiger partial charge in [-0.1, -0.05) is 13.8 Å². The van der Waals surface area contributed by atoms with Gasteiger partial charge in [0.05, 0.1) is 15.7 Å². The number of thiophene rings is 1. The first kappa shape index (κ1) is 30.3. The Morgan fingerprint density at radius 1 is 1.08 bits per heavy atom. The van der Waals surface area contributed by atoms with Crippen LogP contribution >= 0.6 is 11.3 Å². The first-order chi connectivity index (χ1) is 17.5. The van der Waals surface area contributed by atoms with Crippen LogP contribution in [0.25, 0.3) is 11.5 Å². The third-order valence-corrected chi connectivity index (χ3v) is 8.65. The van der Waals surface area contributed by atoms with Crippen LogP contribution in [0.3, 0.4) is 0 Å². The molecule has 3 fully saturated rings. The number of pyridine rings is 1. The molecule has 2 radical (unpaired) electrons. The number of nitrogens with zero attached hydrogens (tertiary/aromatic N) is 2. The van der Waals surface area contributed by atoms with Gasteiger partial charge in [0.2, 0.25) is 0 Å².